The van der Waals surface area contributed by atoms with Crippen LogP contribution in [0.1, 0.15) is 37.6 Å². The normalized spacial score (nSPS) is 13.2. The van der Waals surface area contributed by atoms with Gasteiger partial charge in [-0.1, -0.05) is 60.7 Å². The van der Waals surface area contributed by atoms with Crippen LogP contribution in [-0.2, 0) is 0 Å². The summed E-state index contributed by atoms with van der Waals surface area (Å²) in [5, 5.41) is 0.0770. The van der Waals surface area contributed by atoms with Crippen molar-refractivity contribution in [2.75, 3.05) is 0 Å². The first-order chi connectivity index (χ1) is 9.08. The van der Waals surface area contributed by atoms with Gasteiger partial charge in [0.25, 0.3) is 0 Å². The highest BCUT2D eigenvalue weighted by atomic mass is 32.2. The molecule has 0 aromatic heterocycles. The average Bonchev–Trinajstić information content (AvgIpc) is 2.46. The average molecular weight is 311 g/mol. The van der Waals surface area contributed by atoms with Crippen LogP contribution in [-0.4, -0.2) is 5.12 Å². The van der Waals surface area contributed by atoms with Crippen molar-refractivity contribution in [2.24, 2.45) is 0 Å². The van der Waals surface area contributed by atoms with Crippen molar-refractivity contribution in [3.05, 3.63) is 56.0 Å². The number of hydrogen-bond donors (Lipinski definition) is 1. The molecule has 1 aromatic rings. The second-order valence-electron chi connectivity index (χ2n) is 3.91. The quantitative estimate of drug-likeness (QED) is 0.700. The van der Waals surface area contributed by atoms with E-state index in [9.17, 15) is 4.79 Å². The summed E-state index contributed by atoms with van der Waals surface area (Å²) in [5.74, 6) is 0. The van der Waals surface area contributed by atoms with E-state index in [0.29, 0.717) is 0 Å². The van der Waals surface area contributed by atoms with Gasteiger partial charge in [0, 0.05) is 9.80 Å². The lowest BCUT2D eigenvalue weighted by Crippen LogP contribution is -1.93. The number of rotatable bonds is 5. The Balaban J connectivity index is 2.88. The van der Waals surface area contributed by atoms with Crippen LogP contribution < -0.4 is 0 Å². The molecular formula is C15H18OS3. The SMILES string of the molecule is C/C=C(/S)S/C(SC(=O)c1ccccc1)=C(/C)CC. The predicted molar refractivity (Wildman–Crippen MR) is 91.7 cm³/mol. The first kappa shape index (κ1) is 16.5. The molecule has 1 nitrogen and oxygen atoms in total. The Hall–Kier alpha value is -0.580. The standard InChI is InChI=1S/C15H18OS3/c1-4-11(3)15(18-13(17)5-2)19-14(16)12-9-7-6-8-10-12/h5-10,17H,4H2,1-3H3/b13-5-,15-11+. The monoisotopic (exact) mass is 310 g/mol. The number of carbonyl (C=O) groups excluding carboxylic acids is 1. The van der Waals surface area contributed by atoms with Crippen LogP contribution in [0.3, 0.4) is 0 Å². The third kappa shape index (κ3) is 5.51. The van der Waals surface area contributed by atoms with Crippen LogP contribution in [0.15, 0.2) is 50.5 Å². The maximum Gasteiger partial charge on any atom is 0.224 e. The van der Waals surface area contributed by atoms with E-state index in [2.05, 4.69) is 26.5 Å². The third-order valence-electron chi connectivity index (χ3n) is 2.52. The molecule has 0 aliphatic heterocycles. The Kier molecular flexibility index (Phi) is 7.42. The third-order valence-corrected chi connectivity index (χ3v) is 5.48. The molecule has 0 bridgehead atoms. The summed E-state index contributed by atoms with van der Waals surface area (Å²) < 4.78 is 1.94. The van der Waals surface area contributed by atoms with Crippen molar-refractivity contribution < 1.29 is 4.79 Å². The van der Waals surface area contributed by atoms with Crippen LogP contribution in [0.5, 0.6) is 0 Å². The lowest BCUT2D eigenvalue weighted by molar-refractivity contribution is 0.108. The Morgan fingerprint density at radius 3 is 2.42 bits per heavy atom. The molecule has 0 unspecified atom stereocenters. The summed E-state index contributed by atoms with van der Waals surface area (Å²) in [6, 6.07) is 9.36. The summed E-state index contributed by atoms with van der Waals surface area (Å²) in [7, 11) is 0. The molecule has 0 spiro atoms. The van der Waals surface area contributed by atoms with E-state index in [4.69, 9.17) is 0 Å². The van der Waals surface area contributed by atoms with Crippen molar-refractivity contribution >= 4 is 41.3 Å². The van der Waals surface area contributed by atoms with Crippen molar-refractivity contribution in [3.63, 3.8) is 0 Å². The van der Waals surface area contributed by atoms with Gasteiger partial charge in [0.1, 0.15) is 0 Å². The van der Waals surface area contributed by atoms with Gasteiger partial charge in [0.15, 0.2) is 0 Å². The van der Waals surface area contributed by atoms with Gasteiger partial charge in [-0.25, -0.2) is 0 Å². The molecule has 0 aliphatic carbocycles. The topological polar surface area (TPSA) is 17.1 Å². The molecular weight excluding hydrogens is 292 g/mol. The molecule has 0 atom stereocenters. The molecule has 0 fully saturated rings. The van der Waals surface area contributed by atoms with E-state index < -0.39 is 0 Å². The second kappa shape index (κ2) is 8.56. The molecule has 1 aromatic carbocycles. The fourth-order valence-corrected chi connectivity index (χ4v) is 3.70. The van der Waals surface area contributed by atoms with Gasteiger partial charge < -0.3 is 0 Å². The lowest BCUT2D eigenvalue weighted by atomic mass is 10.2. The highest BCUT2D eigenvalue weighted by Gasteiger charge is 2.13. The van der Waals surface area contributed by atoms with Crippen LogP contribution in [0.2, 0.25) is 0 Å². The lowest BCUT2D eigenvalue weighted by Gasteiger charge is -2.09. The Bertz CT molecular complexity index is 489. The Morgan fingerprint density at radius 2 is 1.89 bits per heavy atom. The minimum Gasteiger partial charge on any atom is -0.281 e. The Morgan fingerprint density at radius 1 is 1.26 bits per heavy atom. The Labute approximate surface area is 129 Å². The molecule has 0 saturated carbocycles. The van der Waals surface area contributed by atoms with Crippen LogP contribution in [0.4, 0.5) is 0 Å². The summed E-state index contributed by atoms with van der Waals surface area (Å²) in [6.45, 7) is 6.10. The maximum atomic E-state index is 12.2. The minimum atomic E-state index is 0.0770. The minimum absolute atomic E-state index is 0.0770. The van der Waals surface area contributed by atoms with Gasteiger partial charge in [-0.2, -0.15) is 0 Å². The summed E-state index contributed by atoms with van der Waals surface area (Å²) in [6.07, 6.45) is 2.87. The fraction of sp³-hybridized carbons (Fsp3) is 0.267. The maximum absolute atomic E-state index is 12.2. The van der Waals surface area contributed by atoms with Gasteiger partial charge in [0.05, 0.1) is 4.24 Å². The molecule has 19 heavy (non-hydrogen) atoms. The van der Waals surface area contributed by atoms with Crippen molar-refractivity contribution in [2.45, 2.75) is 27.2 Å². The van der Waals surface area contributed by atoms with Crippen LogP contribution in [0, 0.1) is 0 Å². The summed E-state index contributed by atoms with van der Waals surface area (Å²) in [5.41, 5.74) is 1.95. The first-order valence-electron chi connectivity index (χ1n) is 6.08. The molecule has 0 N–H and O–H groups in total. The molecule has 0 saturated heterocycles. The van der Waals surface area contributed by atoms with Crippen molar-refractivity contribution in [1.82, 2.24) is 0 Å². The number of thioether (sulfide) groups is 2. The zero-order valence-electron chi connectivity index (χ0n) is 11.3. The molecule has 102 valence electrons. The van der Waals surface area contributed by atoms with Crippen LogP contribution in [0.25, 0.3) is 0 Å². The first-order valence-corrected chi connectivity index (χ1v) is 8.16. The van der Waals surface area contributed by atoms with Crippen molar-refractivity contribution in [1.29, 1.82) is 0 Å². The molecule has 4 heteroatoms. The second-order valence-corrected chi connectivity index (χ2v) is 6.98. The van der Waals surface area contributed by atoms with E-state index >= 15 is 0 Å². The number of thiol groups is 1. The molecule has 0 radical (unpaired) electrons. The number of hydrogen-bond acceptors (Lipinski definition) is 4. The van der Waals surface area contributed by atoms with E-state index in [1.165, 1.54) is 17.3 Å². The van der Waals surface area contributed by atoms with Gasteiger partial charge in [-0.05, 0) is 32.0 Å². The van der Waals surface area contributed by atoms with Crippen molar-refractivity contribution in [3.8, 4) is 0 Å². The summed E-state index contributed by atoms with van der Waals surface area (Å²) in [4.78, 5) is 12.2. The zero-order valence-corrected chi connectivity index (χ0v) is 13.9. The predicted octanol–water partition coefficient (Wildman–Crippen LogP) is 5.73. The van der Waals surface area contributed by atoms with Gasteiger partial charge in [0.2, 0.25) is 5.12 Å². The molecule has 0 aliphatic rings. The smallest absolute Gasteiger partial charge is 0.224 e. The molecule has 0 amide bonds. The number of benzene rings is 1. The van der Waals surface area contributed by atoms with E-state index in [0.717, 1.165) is 20.5 Å². The molecule has 0 heterocycles. The van der Waals surface area contributed by atoms with Crippen LogP contribution >= 0.6 is 36.2 Å². The highest BCUT2D eigenvalue weighted by Crippen LogP contribution is 2.40. The fourth-order valence-electron chi connectivity index (χ4n) is 1.21. The van der Waals surface area contributed by atoms with Gasteiger partial charge in [-0.3, -0.25) is 4.79 Å². The van der Waals surface area contributed by atoms with E-state index in [1.54, 1.807) is 11.8 Å². The highest BCUT2D eigenvalue weighted by molar-refractivity contribution is 8.33. The van der Waals surface area contributed by atoms with Gasteiger partial charge >= 0.3 is 0 Å². The largest absolute Gasteiger partial charge is 0.281 e. The molecule has 1 rings (SSSR count). The number of carbonyl (C=O) groups is 1. The summed E-state index contributed by atoms with van der Waals surface area (Å²) >= 11 is 7.21. The zero-order chi connectivity index (χ0) is 14.3. The van der Waals surface area contributed by atoms with E-state index in [1.807, 2.05) is 43.3 Å². The van der Waals surface area contributed by atoms with E-state index in [-0.39, 0.29) is 5.12 Å². The number of allylic oxidation sites excluding steroid dienone is 2. The van der Waals surface area contributed by atoms with Gasteiger partial charge in [-0.15, -0.1) is 12.6 Å².